The Bertz CT molecular complexity index is 197. The average Bonchev–Trinajstić information content (AvgIpc) is 1.63. The molecular formula is C5H9FO2S. The minimum atomic E-state index is -3.00. The zero-order valence-corrected chi connectivity index (χ0v) is 5.99. The van der Waals surface area contributed by atoms with E-state index in [1.165, 1.54) is 0 Å². The van der Waals surface area contributed by atoms with E-state index < -0.39 is 21.3 Å². The van der Waals surface area contributed by atoms with Gasteiger partial charge in [-0.2, -0.15) is 0 Å². The quantitative estimate of drug-likeness (QED) is 0.549. The van der Waals surface area contributed by atoms with Gasteiger partial charge in [0.15, 0.2) is 9.84 Å². The first-order chi connectivity index (χ1) is 4.08. The van der Waals surface area contributed by atoms with Gasteiger partial charge in [-0.25, -0.2) is 12.8 Å². The van der Waals surface area contributed by atoms with Gasteiger partial charge in [0.1, 0.15) is 6.17 Å². The molecule has 54 valence electrons. The molecule has 2 unspecified atom stereocenters. The van der Waals surface area contributed by atoms with Crippen molar-refractivity contribution in [1.82, 2.24) is 0 Å². The Balaban J connectivity index is 2.70. The molecule has 0 radical (unpaired) electrons. The molecule has 9 heavy (non-hydrogen) atoms. The second-order valence-electron chi connectivity index (χ2n) is 2.29. The number of halogens is 1. The van der Waals surface area contributed by atoms with E-state index in [1.807, 2.05) is 0 Å². The maximum absolute atomic E-state index is 12.3. The molecule has 1 fully saturated rings. The molecule has 0 amide bonds. The highest BCUT2D eigenvalue weighted by Gasteiger charge is 2.44. The molecule has 2 atom stereocenters. The molecule has 0 N–H and O–H groups in total. The minimum Gasteiger partial charge on any atom is -0.245 e. The fourth-order valence-corrected chi connectivity index (χ4v) is 2.68. The fourth-order valence-electron chi connectivity index (χ4n) is 1.07. The summed E-state index contributed by atoms with van der Waals surface area (Å²) in [5.74, 6) is -0.258. The third-order valence-corrected chi connectivity index (χ3v) is 3.99. The van der Waals surface area contributed by atoms with Crippen molar-refractivity contribution in [2.75, 3.05) is 5.75 Å². The van der Waals surface area contributed by atoms with E-state index in [4.69, 9.17) is 0 Å². The number of rotatable bonds is 1. The Kier molecular flexibility index (Phi) is 1.50. The van der Waals surface area contributed by atoms with Crippen molar-refractivity contribution in [3.8, 4) is 0 Å². The second-order valence-corrected chi connectivity index (χ2v) is 4.56. The zero-order valence-electron chi connectivity index (χ0n) is 5.17. The standard InChI is InChI=1S/C5H9FO2S/c1-2-5-4(6)3-9(5,7)8/h4-5H,2-3H2,1H3. The van der Waals surface area contributed by atoms with Crippen LogP contribution >= 0.6 is 0 Å². The third kappa shape index (κ3) is 0.956. The van der Waals surface area contributed by atoms with Gasteiger partial charge in [0.25, 0.3) is 0 Å². The largest absolute Gasteiger partial charge is 0.245 e. The van der Waals surface area contributed by atoms with Crippen molar-refractivity contribution in [2.45, 2.75) is 24.8 Å². The first-order valence-corrected chi connectivity index (χ1v) is 4.65. The second kappa shape index (κ2) is 1.94. The Hall–Kier alpha value is -0.120. The summed E-state index contributed by atoms with van der Waals surface area (Å²) in [7, 11) is -3.00. The van der Waals surface area contributed by atoms with Crippen molar-refractivity contribution < 1.29 is 12.8 Å². The molecule has 4 heteroatoms. The SMILES string of the molecule is CCC1C(F)CS1(=O)=O. The van der Waals surface area contributed by atoms with E-state index in [0.717, 1.165) is 0 Å². The summed E-state index contributed by atoms with van der Waals surface area (Å²) in [6.45, 7) is 1.69. The molecule has 1 saturated heterocycles. The predicted octanol–water partition coefficient (Wildman–Crippen LogP) is 0.532. The molecule has 1 rings (SSSR count). The first-order valence-electron chi connectivity index (χ1n) is 2.93. The average molecular weight is 152 g/mol. The summed E-state index contributed by atoms with van der Waals surface area (Å²) in [5, 5.41) is -0.697. The van der Waals surface area contributed by atoms with Crippen LogP contribution in [0, 0.1) is 0 Å². The van der Waals surface area contributed by atoms with Crippen molar-refractivity contribution in [2.24, 2.45) is 0 Å². The van der Waals surface area contributed by atoms with E-state index in [-0.39, 0.29) is 5.75 Å². The maximum atomic E-state index is 12.3. The van der Waals surface area contributed by atoms with E-state index in [0.29, 0.717) is 6.42 Å². The summed E-state index contributed by atoms with van der Waals surface area (Å²) in [6.07, 6.45) is -0.691. The van der Waals surface area contributed by atoms with Gasteiger partial charge in [0.2, 0.25) is 0 Å². The highest BCUT2D eigenvalue weighted by atomic mass is 32.2. The van der Waals surface area contributed by atoms with Crippen molar-refractivity contribution in [1.29, 1.82) is 0 Å². The summed E-state index contributed by atoms with van der Waals surface area (Å²) in [4.78, 5) is 0. The minimum absolute atomic E-state index is 0.258. The third-order valence-electron chi connectivity index (χ3n) is 1.66. The lowest BCUT2D eigenvalue weighted by molar-refractivity contribution is 0.308. The molecule has 1 aliphatic rings. The van der Waals surface area contributed by atoms with E-state index in [1.54, 1.807) is 6.92 Å². The fraction of sp³-hybridized carbons (Fsp3) is 1.00. The van der Waals surface area contributed by atoms with Gasteiger partial charge in [-0.15, -0.1) is 0 Å². The Morgan fingerprint density at radius 2 is 2.22 bits per heavy atom. The van der Waals surface area contributed by atoms with Gasteiger partial charge in [-0.05, 0) is 6.42 Å². The lowest BCUT2D eigenvalue weighted by Crippen LogP contribution is -2.48. The van der Waals surface area contributed by atoms with Crippen molar-refractivity contribution in [3.05, 3.63) is 0 Å². The van der Waals surface area contributed by atoms with E-state index in [9.17, 15) is 12.8 Å². The van der Waals surface area contributed by atoms with Crippen LogP contribution in [0.5, 0.6) is 0 Å². The van der Waals surface area contributed by atoms with E-state index >= 15 is 0 Å². The Morgan fingerprint density at radius 1 is 1.67 bits per heavy atom. The van der Waals surface area contributed by atoms with Crippen LogP contribution in [0.25, 0.3) is 0 Å². The smallest absolute Gasteiger partial charge is 0.158 e. The van der Waals surface area contributed by atoms with Crippen LogP contribution in [0.2, 0.25) is 0 Å². The molecular weight excluding hydrogens is 143 g/mol. The van der Waals surface area contributed by atoms with E-state index in [2.05, 4.69) is 0 Å². The molecule has 0 saturated carbocycles. The van der Waals surface area contributed by atoms with Gasteiger partial charge in [0, 0.05) is 0 Å². The van der Waals surface area contributed by atoms with Crippen molar-refractivity contribution >= 4 is 9.84 Å². The van der Waals surface area contributed by atoms with Gasteiger partial charge < -0.3 is 0 Å². The topological polar surface area (TPSA) is 34.1 Å². The molecule has 0 aromatic heterocycles. The normalized spacial score (nSPS) is 39.8. The van der Waals surface area contributed by atoms with Crippen LogP contribution in [-0.4, -0.2) is 25.6 Å². The predicted molar refractivity (Wildman–Crippen MR) is 32.8 cm³/mol. The molecule has 0 spiro atoms. The van der Waals surface area contributed by atoms with Gasteiger partial charge in [-0.3, -0.25) is 0 Å². The lowest BCUT2D eigenvalue weighted by atomic mass is 10.2. The van der Waals surface area contributed by atoms with Crippen LogP contribution in [0.15, 0.2) is 0 Å². The first kappa shape index (κ1) is 6.99. The summed E-state index contributed by atoms with van der Waals surface area (Å²) in [5.41, 5.74) is 0. The van der Waals surface area contributed by atoms with Crippen LogP contribution in [0.1, 0.15) is 13.3 Å². The van der Waals surface area contributed by atoms with Gasteiger partial charge in [0.05, 0.1) is 11.0 Å². The highest BCUT2D eigenvalue weighted by molar-refractivity contribution is 7.93. The molecule has 0 aromatic rings. The van der Waals surface area contributed by atoms with Crippen LogP contribution in [0.3, 0.4) is 0 Å². The zero-order chi connectivity index (χ0) is 7.07. The molecule has 0 aromatic carbocycles. The summed E-state index contributed by atoms with van der Waals surface area (Å²) < 4.78 is 33.5. The van der Waals surface area contributed by atoms with Crippen LogP contribution in [0.4, 0.5) is 4.39 Å². The molecule has 0 aliphatic carbocycles. The molecule has 0 bridgehead atoms. The number of hydrogen-bond donors (Lipinski definition) is 0. The van der Waals surface area contributed by atoms with Crippen LogP contribution < -0.4 is 0 Å². The summed E-state index contributed by atoms with van der Waals surface area (Å²) >= 11 is 0. The Morgan fingerprint density at radius 3 is 2.33 bits per heavy atom. The monoisotopic (exact) mass is 152 g/mol. The number of hydrogen-bond acceptors (Lipinski definition) is 2. The van der Waals surface area contributed by atoms with Crippen LogP contribution in [-0.2, 0) is 9.84 Å². The summed E-state index contributed by atoms with van der Waals surface area (Å²) in [6, 6.07) is 0. The number of alkyl halides is 1. The maximum Gasteiger partial charge on any atom is 0.158 e. The lowest BCUT2D eigenvalue weighted by Gasteiger charge is -2.28. The molecule has 1 heterocycles. The highest BCUT2D eigenvalue weighted by Crippen LogP contribution is 2.26. The number of sulfone groups is 1. The van der Waals surface area contributed by atoms with Gasteiger partial charge in [-0.1, -0.05) is 6.92 Å². The van der Waals surface area contributed by atoms with Gasteiger partial charge >= 0.3 is 0 Å². The molecule has 2 nitrogen and oxygen atoms in total. The molecule has 1 aliphatic heterocycles. The van der Waals surface area contributed by atoms with Crippen molar-refractivity contribution in [3.63, 3.8) is 0 Å². The Labute approximate surface area is 54.0 Å².